The molecule has 0 aliphatic carbocycles. The average Bonchev–Trinajstić information content (AvgIpc) is 2.77. The minimum Gasteiger partial charge on any atom is -0.375 e. The molecule has 0 bridgehead atoms. The first-order valence-electron chi connectivity index (χ1n) is 6.19. The molecule has 96 valence electrons. The molecule has 1 saturated heterocycles. The maximum absolute atomic E-state index is 5.71. The maximum Gasteiger partial charge on any atom is 0.182 e. The van der Waals surface area contributed by atoms with E-state index in [0.29, 0.717) is 11.7 Å². The fourth-order valence-electron chi connectivity index (χ4n) is 2.42. The third kappa shape index (κ3) is 2.15. The summed E-state index contributed by atoms with van der Waals surface area (Å²) >= 11 is 0. The second-order valence-corrected chi connectivity index (χ2v) is 5.27. The molecule has 1 aliphatic rings. The highest BCUT2D eigenvalue weighted by molar-refractivity contribution is 5.82. The number of H-pyrrole nitrogens is 1. The molecule has 0 radical (unpaired) electrons. The minimum atomic E-state index is -0.0734. The Morgan fingerprint density at radius 1 is 1.39 bits per heavy atom. The van der Waals surface area contributed by atoms with E-state index in [2.05, 4.69) is 39.1 Å². The van der Waals surface area contributed by atoms with Crippen LogP contribution in [0.3, 0.4) is 0 Å². The van der Waals surface area contributed by atoms with Crippen LogP contribution in [0.1, 0.15) is 26.7 Å². The Morgan fingerprint density at radius 3 is 3.11 bits per heavy atom. The van der Waals surface area contributed by atoms with Crippen molar-refractivity contribution in [3.63, 3.8) is 0 Å². The van der Waals surface area contributed by atoms with Crippen LogP contribution in [0.5, 0.6) is 0 Å². The predicted octanol–water partition coefficient (Wildman–Crippen LogP) is 1.72. The van der Waals surface area contributed by atoms with Gasteiger partial charge in [-0.3, -0.25) is 0 Å². The van der Waals surface area contributed by atoms with Gasteiger partial charge in [-0.1, -0.05) is 0 Å². The van der Waals surface area contributed by atoms with Gasteiger partial charge in [0.15, 0.2) is 11.5 Å². The number of aromatic nitrogens is 4. The summed E-state index contributed by atoms with van der Waals surface area (Å²) in [5.41, 5.74) is 1.48. The first-order chi connectivity index (χ1) is 8.64. The molecule has 0 amide bonds. The van der Waals surface area contributed by atoms with E-state index in [4.69, 9.17) is 4.74 Å². The van der Waals surface area contributed by atoms with Crippen LogP contribution in [0.15, 0.2) is 12.7 Å². The number of hydrogen-bond donors (Lipinski definition) is 2. The summed E-state index contributed by atoms with van der Waals surface area (Å²) in [6, 6.07) is 0.371. The van der Waals surface area contributed by atoms with Crippen molar-refractivity contribution in [2.75, 3.05) is 11.9 Å². The van der Waals surface area contributed by atoms with Crippen LogP contribution in [-0.2, 0) is 4.74 Å². The van der Waals surface area contributed by atoms with Crippen molar-refractivity contribution in [1.82, 2.24) is 19.9 Å². The van der Waals surface area contributed by atoms with Gasteiger partial charge in [-0.2, -0.15) is 0 Å². The largest absolute Gasteiger partial charge is 0.375 e. The monoisotopic (exact) mass is 247 g/mol. The Hall–Kier alpha value is -1.69. The number of anilines is 1. The van der Waals surface area contributed by atoms with Gasteiger partial charge in [0, 0.05) is 12.6 Å². The molecule has 18 heavy (non-hydrogen) atoms. The van der Waals surface area contributed by atoms with E-state index in [1.807, 2.05) is 0 Å². The van der Waals surface area contributed by atoms with Gasteiger partial charge in [-0.15, -0.1) is 0 Å². The Kier molecular flexibility index (Phi) is 2.66. The first-order valence-corrected chi connectivity index (χ1v) is 6.19. The number of fused-ring (bicyclic) bond motifs is 1. The summed E-state index contributed by atoms with van der Waals surface area (Å²) in [5.74, 6) is 0.820. The van der Waals surface area contributed by atoms with Crippen LogP contribution in [0, 0.1) is 0 Å². The van der Waals surface area contributed by atoms with E-state index < -0.39 is 0 Å². The summed E-state index contributed by atoms with van der Waals surface area (Å²) in [5, 5.41) is 3.46. The molecule has 1 atom stereocenters. The molecule has 3 heterocycles. The van der Waals surface area contributed by atoms with Crippen LogP contribution >= 0.6 is 0 Å². The molecule has 3 rings (SSSR count). The number of hydrogen-bond acceptors (Lipinski definition) is 5. The standard InChI is InChI=1S/C12H17N5O/c1-12(2)5-8(3-4-18-12)17-11-9-10(14-6-13-9)15-7-16-11/h6-8H,3-5H2,1-2H3,(H2,13,14,15,16,17). The summed E-state index contributed by atoms with van der Waals surface area (Å²) in [4.78, 5) is 15.6. The SMILES string of the molecule is CC1(C)CC(Nc2ncnc3nc[nH]c23)CCO1. The van der Waals surface area contributed by atoms with E-state index >= 15 is 0 Å². The van der Waals surface area contributed by atoms with Gasteiger partial charge in [0.25, 0.3) is 0 Å². The number of aromatic amines is 1. The smallest absolute Gasteiger partial charge is 0.182 e. The molecular weight excluding hydrogens is 230 g/mol. The molecule has 0 saturated carbocycles. The Bertz CT molecular complexity index is 550. The lowest BCUT2D eigenvalue weighted by atomic mass is 9.94. The van der Waals surface area contributed by atoms with E-state index in [-0.39, 0.29) is 5.60 Å². The quantitative estimate of drug-likeness (QED) is 0.845. The van der Waals surface area contributed by atoms with Crippen molar-refractivity contribution in [2.24, 2.45) is 0 Å². The number of rotatable bonds is 2. The van der Waals surface area contributed by atoms with Crippen molar-refractivity contribution in [1.29, 1.82) is 0 Å². The molecule has 6 heteroatoms. The van der Waals surface area contributed by atoms with Crippen molar-refractivity contribution >= 4 is 17.0 Å². The van der Waals surface area contributed by atoms with Crippen LogP contribution < -0.4 is 5.32 Å². The lowest BCUT2D eigenvalue weighted by molar-refractivity contribution is -0.0553. The average molecular weight is 247 g/mol. The molecule has 2 aromatic rings. The van der Waals surface area contributed by atoms with Gasteiger partial charge in [0.2, 0.25) is 0 Å². The molecule has 0 aromatic carbocycles. The topological polar surface area (TPSA) is 75.7 Å². The molecule has 1 aliphatic heterocycles. The van der Waals surface area contributed by atoms with Gasteiger partial charge in [0.1, 0.15) is 11.8 Å². The van der Waals surface area contributed by atoms with Gasteiger partial charge in [-0.05, 0) is 26.7 Å². The van der Waals surface area contributed by atoms with Gasteiger partial charge >= 0.3 is 0 Å². The molecule has 1 fully saturated rings. The summed E-state index contributed by atoms with van der Waals surface area (Å²) in [6.45, 7) is 5.01. The Labute approximate surface area is 105 Å². The Morgan fingerprint density at radius 2 is 2.28 bits per heavy atom. The van der Waals surface area contributed by atoms with Crippen LogP contribution in [0.25, 0.3) is 11.2 Å². The molecule has 0 spiro atoms. The van der Waals surface area contributed by atoms with E-state index in [0.717, 1.165) is 30.8 Å². The normalized spacial score (nSPS) is 23.1. The number of ether oxygens (including phenoxy) is 1. The van der Waals surface area contributed by atoms with E-state index in [1.54, 1.807) is 6.33 Å². The molecular formula is C12H17N5O. The zero-order valence-corrected chi connectivity index (χ0v) is 10.6. The van der Waals surface area contributed by atoms with Gasteiger partial charge in [-0.25, -0.2) is 15.0 Å². The van der Waals surface area contributed by atoms with E-state index in [9.17, 15) is 0 Å². The third-order valence-corrected chi connectivity index (χ3v) is 3.26. The lowest BCUT2D eigenvalue weighted by Crippen LogP contribution is -2.40. The molecule has 6 nitrogen and oxygen atoms in total. The van der Waals surface area contributed by atoms with Crippen molar-refractivity contribution < 1.29 is 4.74 Å². The van der Waals surface area contributed by atoms with Crippen molar-refractivity contribution in [3.05, 3.63) is 12.7 Å². The number of imidazole rings is 1. The van der Waals surface area contributed by atoms with Crippen molar-refractivity contribution in [2.45, 2.75) is 38.3 Å². The second kappa shape index (κ2) is 4.20. The fraction of sp³-hybridized carbons (Fsp3) is 0.583. The predicted molar refractivity (Wildman–Crippen MR) is 68.4 cm³/mol. The molecule has 1 unspecified atom stereocenters. The Balaban J connectivity index is 1.82. The number of nitrogens with one attached hydrogen (secondary N) is 2. The second-order valence-electron chi connectivity index (χ2n) is 5.27. The first kappa shape index (κ1) is 11.4. The van der Waals surface area contributed by atoms with Gasteiger partial charge < -0.3 is 15.0 Å². The van der Waals surface area contributed by atoms with E-state index in [1.165, 1.54) is 6.33 Å². The zero-order chi connectivity index (χ0) is 12.6. The van der Waals surface area contributed by atoms with Crippen LogP contribution in [0.2, 0.25) is 0 Å². The van der Waals surface area contributed by atoms with Gasteiger partial charge in [0.05, 0.1) is 11.9 Å². The highest BCUT2D eigenvalue weighted by atomic mass is 16.5. The molecule has 2 aromatic heterocycles. The maximum atomic E-state index is 5.71. The minimum absolute atomic E-state index is 0.0734. The summed E-state index contributed by atoms with van der Waals surface area (Å²) in [6.07, 6.45) is 5.13. The fourth-order valence-corrected chi connectivity index (χ4v) is 2.42. The molecule has 2 N–H and O–H groups in total. The lowest BCUT2D eigenvalue weighted by Gasteiger charge is -2.36. The highest BCUT2D eigenvalue weighted by Gasteiger charge is 2.29. The highest BCUT2D eigenvalue weighted by Crippen LogP contribution is 2.27. The summed E-state index contributed by atoms with van der Waals surface area (Å²) < 4.78 is 5.71. The third-order valence-electron chi connectivity index (χ3n) is 3.26. The van der Waals surface area contributed by atoms with Crippen LogP contribution in [-0.4, -0.2) is 38.2 Å². The van der Waals surface area contributed by atoms with Crippen molar-refractivity contribution in [3.8, 4) is 0 Å². The zero-order valence-electron chi connectivity index (χ0n) is 10.6. The summed E-state index contributed by atoms with van der Waals surface area (Å²) in [7, 11) is 0. The number of nitrogens with zero attached hydrogens (tertiary/aromatic N) is 3. The van der Waals surface area contributed by atoms with Crippen LogP contribution in [0.4, 0.5) is 5.82 Å².